The van der Waals surface area contributed by atoms with Crippen molar-refractivity contribution >= 4 is 11.7 Å². The van der Waals surface area contributed by atoms with Crippen LogP contribution in [-0.2, 0) is 6.18 Å². The first-order valence-corrected chi connectivity index (χ1v) is 3.94. The fraction of sp³-hybridized carbons (Fsp3) is 0.222. The van der Waals surface area contributed by atoms with Crippen molar-refractivity contribution < 1.29 is 23.1 Å². The molecular weight excluding hydrogens is 211 g/mol. The first-order chi connectivity index (χ1) is 6.75. The van der Waals surface area contributed by atoms with Gasteiger partial charge in [-0.2, -0.15) is 13.2 Å². The molecule has 82 valence electrons. The Morgan fingerprint density at radius 3 is 2.33 bits per heavy atom. The number of carbonyl (C=O) groups is 1. The maximum Gasteiger partial charge on any atom is 0.418 e. The van der Waals surface area contributed by atoms with E-state index in [0.29, 0.717) is 0 Å². The summed E-state index contributed by atoms with van der Waals surface area (Å²) in [5.74, 6) is -1.47. The molecule has 0 aliphatic heterocycles. The number of carboxylic acid groups (broad SMARTS) is 1. The molecule has 0 saturated heterocycles. The van der Waals surface area contributed by atoms with Crippen molar-refractivity contribution in [1.82, 2.24) is 0 Å². The van der Waals surface area contributed by atoms with Crippen molar-refractivity contribution in [2.24, 2.45) is 0 Å². The van der Waals surface area contributed by atoms with Gasteiger partial charge in [0.15, 0.2) is 0 Å². The van der Waals surface area contributed by atoms with Crippen LogP contribution in [0.15, 0.2) is 12.1 Å². The second-order valence-electron chi connectivity index (χ2n) is 3.02. The maximum atomic E-state index is 12.5. The molecule has 0 radical (unpaired) electrons. The SMILES string of the molecule is Cc1ccc(C(=O)O)c(N)c1C(F)(F)F. The summed E-state index contributed by atoms with van der Waals surface area (Å²) in [5.41, 5.74) is 2.72. The highest BCUT2D eigenvalue weighted by Gasteiger charge is 2.36. The fourth-order valence-corrected chi connectivity index (χ4v) is 1.29. The molecular formula is C9H8F3NO2. The summed E-state index contributed by atoms with van der Waals surface area (Å²) < 4.78 is 37.4. The lowest BCUT2D eigenvalue weighted by molar-refractivity contribution is -0.137. The summed E-state index contributed by atoms with van der Waals surface area (Å²) in [6.07, 6.45) is -4.64. The van der Waals surface area contributed by atoms with Crippen LogP contribution in [0.3, 0.4) is 0 Å². The highest BCUT2D eigenvalue weighted by atomic mass is 19.4. The van der Waals surface area contributed by atoms with E-state index in [0.717, 1.165) is 12.1 Å². The number of benzene rings is 1. The Morgan fingerprint density at radius 2 is 1.93 bits per heavy atom. The van der Waals surface area contributed by atoms with Crippen LogP contribution in [0, 0.1) is 6.92 Å². The molecule has 0 unspecified atom stereocenters. The van der Waals surface area contributed by atoms with Crippen LogP contribution in [0.1, 0.15) is 21.5 Å². The largest absolute Gasteiger partial charge is 0.478 e. The monoisotopic (exact) mass is 219 g/mol. The van der Waals surface area contributed by atoms with Crippen molar-refractivity contribution in [1.29, 1.82) is 0 Å². The van der Waals surface area contributed by atoms with Gasteiger partial charge in [-0.3, -0.25) is 0 Å². The van der Waals surface area contributed by atoms with Gasteiger partial charge in [-0.05, 0) is 18.6 Å². The van der Waals surface area contributed by atoms with Crippen molar-refractivity contribution in [3.8, 4) is 0 Å². The number of carboxylic acids is 1. The van der Waals surface area contributed by atoms with Crippen LogP contribution in [0.2, 0.25) is 0 Å². The van der Waals surface area contributed by atoms with E-state index in [1.54, 1.807) is 0 Å². The molecule has 0 amide bonds. The van der Waals surface area contributed by atoms with Crippen LogP contribution in [0.4, 0.5) is 18.9 Å². The molecule has 15 heavy (non-hydrogen) atoms. The van der Waals surface area contributed by atoms with Gasteiger partial charge in [-0.25, -0.2) is 4.79 Å². The number of anilines is 1. The second kappa shape index (κ2) is 3.45. The molecule has 0 bridgehead atoms. The topological polar surface area (TPSA) is 63.3 Å². The first-order valence-electron chi connectivity index (χ1n) is 3.94. The number of rotatable bonds is 1. The minimum absolute atomic E-state index is 0.0926. The molecule has 0 saturated carbocycles. The van der Waals surface area contributed by atoms with E-state index in [1.807, 2.05) is 0 Å². The number of nitrogens with two attached hydrogens (primary N) is 1. The Kier molecular flexibility index (Phi) is 2.61. The van der Waals surface area contributed by atoms with Gasteiger partial charge in [-0.15, -0.1) is 0 Å². The smallest absolute Gasteiger partial charge is 0.418 e. The molecule has 1 aromatic rings. The van der Waals surface area contributed by atoms with E-state index >= 15 is 0 Å². The minimum Gasteiger partial charge on any atom is -0.478 e. The Morgan fingerprint density at radius 1 is 1.40 bits per heavy atom. The predicted octanol–water partition coefficient (Wildman–Crippen LogP) is 2.29. The summed E-state index contributed by atoms with van der Waals surface area (Å²) in [7, 11) is 0. The van der Waals surface area contributed by atoms with Crippen molar-refractivity contribution in [2.75, 3.05) is 5.73 Å². The number of halogens is 3. The summed E-state index contributed by atoms with van der Waals surface area (Å²) in [4.78, 5) is 10.6. The molecule has 0 aliphatic rings. The van der Waals surface area contributed by atoms with Crippen LogP contribution in [0.25, 0.3) is 0 Å². The minimum atomic E-state index is -4.64. The zero-order chi connectivity index (χ0) is 11.8. The molecule has 6 heteroatoms. The summed E-state index contributed by atoms with van der Waals surface area (Å²) in [5, 5.41) is 8.60. The zero-order valence-electron chi connectivity index (χ0n) is 7.72. The van der Waals surface area contributed by atoms with E-state index in [1.165, 1.54) is 6.92 Å². The highest BCUT2D eigenvalue weighted by molar-refractivity contribution is 5.94. The van der Waals surface area contributed by atoms with Gasteiger partial charge in [0.1, 0.15) is 0 Å². The van der Waals surface area contributed by atoms with Gasteiger partial charge >= 0.3 is 12.1 Å². The molecule has 0 spiro atoms. The highest BCUT2D eigenvalue weighted by Crippen LogP contribution is 2.37. The molecule has 1 aromatic carbocycles. The number of nitrogen functional groups attached to an aromatic ring is 1. The second-order valence-corrected chi connectivity index (χ2v) is 3.02. The zero-order valence-corrected chi connectivity index (χ0v) is 7.72. The molecule has 0 heterocycles. The van der Waals surface area contributed by atoms with Crippen molar-refractivity contribution in [3.63, 3.8) is 0 Å². The maximum absolute atomic E-state index is 12.5. The predicted molar refractivity (Wildman–Crippen MR) is 47.6 cm³/mol. The lowest BCUT2D eigenvalue weighted by atomic mass is 10.0. The third-order valence-corrected chi connectivity index (χ3v) is 1.97. The molecule has 0 atom stereocenters. The Balaban J connectivity index is 3.51. The summed E-state index contributed by atoms with van der Waals surface area (Å²) >= 11 is 0. The van der Waals surface area contributed by atoms with Gasteiger partial charge in [0.05, 0.1) is 16.8 Å². The molecule has 0 aliphatic carbocycles. The third-order valence-electron chi connectivity index (χ3n) is 1.97. The van der Waals surface area contributed by atoms with E-state index in [-0.39, 0.29) is 5.56 Å². The normalized spacial score (nSPS) is 11.5. The van der Waals surface area contributed by atoms with Gasteiger partial charge in [0.2, 0.25) is 0 Å². The third kappa shape index (κ3) is 2.03. The summed E-state index contributed by atoms with van der Waals surface area (Å²) in [6.45, 7) is 1.23. The molecule has 3 N–H and O–H groups in total. The Bertz CT molecular complexity index is 413. The lowest BCUT2D eigenvalue weighted by Gasteiger charge is -2.14. The van der Waals surface area contributed by atoms with E-state index in [9.17, 15) is 18.0 Å². The Hall–Kier alpha value is -1.72. The van der Waals surface area contributed by atoms with E-state index < -0.39 is 29.0 Å². The van der Waals surface area contributed by atoms with E-state index in [2.05, 4.69) is 0 Å². The average Bonchev–Trinajstić information content (AvgIpc) is 2.00. The van der Waals surface area contributed by atoms with Crippen molar-refractivity contribution in [2.45, 2.75) is 13.1 Å². The van der Waals surface area contributed by atoms with E-state index in [4.69, 9.17) is 10.8 Å². The molecule has 0 fully saturated rings. The van der Waals surface area contributed by atoms with Crippen LogP contribution in [0.5, 0.6) is 0 Å². The van der Waals surface area contributed by atoms with Crippen molar-refractivity contribution in [3.05, 3.63) is 28.8 Å². The van der Waals surface area contributed by atoms with Crippen LogP contribution < -0.4 is 5.73 Å². The number of alkyl halides is 3. The number of hydrogen-bond acceptors (Lipinski definition) is 2. The average molecular weight is 219 g/mol. The summed E-state index contributed by atoms with van der Waals surface area (Å²) in [6, 6.07) is 2.14. The fourth-order valence-electron chi connectivity index (χ4n) is 1.29. The van der Waals surface area contributed by atoms with Gasteiger partial charge in [-0.1, -0.05) is 6.07 Å². The van der Waals surface area contributed by atoms with Gasteiger partial charge < -0.3 is 10.8 Å². The molecule has 1 rings (SSSR count). The number of hydrogen-bond donors (Lipinski definition) is 2. The van der Waals surface area contributed by atoms with Gasteiger partial charge in [0, 0.05) is 0 Å². The van der Waals surface area contributed by atoms with Crippen LogP contribution in [-0.4, -0.2) is 11.1 Å². The Labute approximate surface area is 83.3 Å². The lowest BCUT2D eigenvalue weighted by Crippen LogP contribution is -2.14. The molecule has 3 nitrogen and oxygen atoms in total. The van der Waals surface area contributed by atoms with Crippen LogP contribution >= 0.6 is 0 Å². The number of aromatic carboxylic acids is 1. The first kappa shape index (κ1) is 11.4. The van der Waals surface area contributed by atoms with Gasteiger partial charge in [0.25, 0.3) is 0 Å². The quantitative estimate of drug-likeness (QED) is 0.712. The standard InChI is InChI=1S/C9H8F3NO2/c1-4-2-3-5(8(14)15)7(13)6(4)9(10,11)12/h2-3H,13H2,1H3,(H,14,15). The molecule has 0 aromatic heterocycles. The number of aryl methyl sites for hydroxylation is 1.